The Hall–Kier alpha value is -1.64. The lowest BCUT2D eigenvalue weighted by molar-refractivity contribution is -0.870. The van der Waals surface area contributed by atoms with E-state index in [9.17, 15) is 14.4 Å². The second-order valence-electron chi connectivity index (χ2n) is 6.30. The van der Waals surface area contributed by atoms with E-state index in [-0.39, 0.29) is 16.6 Å². The van der Waals surface area contributed by atoms with Crippen molar-refractivity contribution in [2.75, 3.05) is 20.7 Å². The van der Waals surface area contributed by atoms with E-state index in [1.165, 1.54) is 13.2 Å². The number of methoxy groups -OCH3 is 1. The highest BCUT2D eigenvalue weighted by molar-refractivity contribution is 6.30. The van der Waals surface area contributed by atoms with Crippen molar-refractivity contribution in [1.29, 1.82) is 5.26 Å². The summed E-state index contributed by atoms with van der Waals surface area (Å²) in [6.45, 7) is 2.40. The van der Waals surface area contributed by atoms with E-state index in [1.54, 1.807) is 12.1 Å². The zero-order valence-electron chi connectivity index (χ0n) is 13.6. The van der Waals surface area contributed by atoms with Gasteiger partial charge in [0, 0.05) is 23.4 Å². The van der Waals surface area contributed by atoms with Crippen LogP contribution in [0.3, 0.4) is 0 Å². The Kier molecular flexibility index (Phi) is 4.98. The maximum Gasteiger partial charge on any atom is 0.515 e. The molecule has 1 saturated heterocycles. The number of amides is 1. The fourth-order valence-corrected chi connectivity index (χ4v) is 3.75. The Morgan fingerprint density at radius 3 is 2.83 bits per heavy atom. The third kappa shape index (κ3) is 2.93. The number of likely N-dealkylation sites (tertiary alicyclic amines) is 1. The second-order valence-corrected chi connectivity index (χ2v) is 6.73. The molecular formula is C17H21ClFN2O2+. The van der Waals surface area contributed by atoms with Crippen molar-refractivity contribution >= 4 is 17.7 Å². The summed E-state index contributed by atoms with van der Waals surface area (Å²) in [5, 5.41) is 10.1. The number of nitriles is 1. The molecule has 0 spiro atoms. The number of nitrogens with zero attached hydrogens (tertiary/aromatic N) is 2. The zero-order valence-corrected chi connectivity index (χ0v) is 14.4. The number of piperidine rings is 1. The van der Waals surface area contributed by atoms with Crippen LogP contribution in [0.1, 0.15) is 31.7 Å². The van der Waals surface area contributed by atoms with E-state index < -0.39 is 11.2 Å². The maximum atomic E-state index is 14.4. The lowest BCUT2D eigenvalue weighted by Crippen LogP contribution is -2.62. The third-order valence-corrected chi connectivity index (χ3v) is 5.35. The lowest BCUT2D eigenvalue weighted by Gasteiger charge is -2.46. The minimum atomic E-state index is -0.943. The molecule has 4 nitrogen and oxygen atoms in total. The number of rotatable bonds is 2. The third-order valence-electron chi connectivity index (χ3n) is 5.12. The minimum absolute atomic E-state index is 0.106. The highest BCUT2D eigenvalue weighted by Crippen LogP contribution is 2.43. The Bertz CT molecular complexity index is 660. The number of carbonyl (C=O) groups is 1. The molecule has 1 amide bonds. The molecule has 1 aliphatic rings. The number of quaternary nitrogens is 1. The minimum Gasteiger partial charge on any atom is -0.423 e. The van der Waals surface area contributed by atoms with Crippen molar-refractivity contribution in [1.82, 2.24) is 0 Å². The molecule has 1 aromatic rings. The van der Waals surface area contributed by atoms with Crippen molar-refractivity contribution in [2.45, 2.75) is 37.6 Å². The van der Waals surface area contributed by atoms with Crippen LogP contribution < -0.4 is 0 Å². The van der Waals surface area contributed by atoms with Crippen LogP contribution in [0.4, 0.5) is 9.18 Å². The van der Waals surface area contributed by atoms with Gasteiger partial charge >= 0.3 is 6.09 Å². The molecule has 1 aromatic carbocycles. The number of hydrogen-bond donors (Lipinski definition) is 0. The quantitative estimate of drug-likeness (QED) is 0.764. The molecule has 3 atom stereocenters. The molecule has 0 bridgehead atoms. The van der Waals surface area contributed by atoms with Gasteiger partial charge in [0.1, 0.15) is 11.9 Å². The van der Waals surface area contributed by atoms with Gasteiger partial charge in [-0.25, -0.2) is 8.87 Å². The Morgan fingerprint density at radius 2 is 2.30 bits per heavy atom. The normalized spacial score (nSPS) is 30.5. The van der Waals surface area contributed by atoms with Crippen LogP contribution in [-0.2, 0) is 10.2 Å². The molecule has 0 N–H and O–H groups in total. The highest BCUT2D eigenvalue weighted by atomic mass is 35.5. The number of benzene rings is 1. The second kappa shape index (κ2) is 6.46. The first-order valence-electron chi connectivity index (χ1n) is 7.63. The summed E-state index contributed by atoms with van der Waals surface area (Å²) in [6, 6.07) is 6.62. The summed E-state index contributed by atoms with van der Waals surface area (Å²) in [6.07, 6.45) is 1.18. The molecule has 1 aliphatic heterocycles. The summed E-state index contributed by atoms with van der Waals surface area (Å²) in [7, 11) is 3.18. The van der Waals surface area contributed by atoms with Crippen molar-refractivity contribution in [2.24, 2.45) is 0 Å². The van der Waals surface area contributed by atoms with E-state index in [1.807, 2.05) is 14.0 Å². The Labute approximate surface area is 141 Å². The molecule has 0 aliphatic carbocycles. The molecular weight excluding hydrogens is 319 g/mol. The van der Waals surface area contributed by atoms with Gasteiger partial charge in [-0.15, -0.1) is 0 Å². The molecule has 2 rings (SSSR count). The van der Waals surface area contributed by atoms with Gasteiger partial charge in [-0.3, -0.25) is 0 Å². The number of hydrogen-bond acceptors (Lipinski definition) is 3. The molecule has 124 valence electrons. The molecule has 1 fully saturated rings. The Morgan fingerprint density at radius 1 is 1.61 bits per heavy atom. The fourth-order valence-electron chi connectivity index (χ4n) is 3.59. The van der Waals surface area contributed by atoms with Crippen LogP contribution in [0.15, 0.2) is 18.2 Å². The summed E-state index contributed by atoms with van der Waals surface area (Å²) in [5.74, 6) is -0.469. The maximum absolute atomic E-state index is 14.4. The highest BCUT2D eigenvalue weighted by Gasteiger charge is 2.52. The van der Waals surface area contributed by atoms with Crippen LogP contribution in [0.25, 0.3) is 0 Å². The largest absolute Gasteiger partial charge is 0.515 e. The summed E-state index contributed by atoms with van der Waals surface area (Å²) in [4.78, 5) is 12.2. The van der Waals surface area contributed by atoms with E-state index in [0.29, 0.717) is 36.4 Å². The van der Waals surface area contributed by atoms with E-state index in [0.717, 1.165) is 0 Å². The number of carbonyl (C=O) groups excluding carboxylic acids is 1. The SMILES string of the molecule is CCC1CC(C#N)(c2ccc(Cl)cc2F)CC[N+]1(C)C(=O)OC. The van der Waals surface area contributed by atoms with E-state index in [4.69, 9.17) is 16.3 Å². The summed E-state index contributed by atoms with van der Waals surface area (Å²) < 4.78 is 19.4. The van der Waals surface area contributed by atoms with Gasteiger partial charge in [0.15, 0.2) is 0 Å². The number of halogens is 2. The Balaban J connectivity index is 2.44. The van der Waals surface area contributed by atoms with Crippen LogP contribution in [-0.4, -0.2) is 37.3 Å². The smallest absolute Gasteiger partial charge is 0.423 e. The summed E-state index contributed by atoms with van der Waals surface area (Å²) in [5.41, 5.74) is -0.583. The average molecular weight is 340 g/mol. The monoisotopic (exact) mass is 339 g/mol. The number of ether oxygens (including phenoxy) is 1. The predicted octanol–water partition coefficient (Wildman–Crippen LogP) is 4.03. The van der Waals surface area contributed by atoms with Gasteiger partial charge in [0.25, 0.3) is 0 Å². The van der Waals surface area contributed by atoms with Gasteiger partial charge in [-0.05, 0) is 18.6 Å². The molecule has 23 heavy (non-hydrogen) atoms. The predicted molar refractivity (Wildman–Crippen MR) is 85.5 cm³/mol. The topological polar surface area (TPSA) is 50.1 Å². The van der Waals surface area contributed by atoms with Gasteiger partial charge < -0.3 is 4.74 Å². The van der Waals surface area contributed by atoms with Gasteiger partial charge in [-0.2, -0.15) is 10.1 Å². The van der Waals surface area contributed by atoms with Gasteiger partial charge in [-0.1, -0.05) is 24.6 Å². The molecule has 1 heterocycles. The van der Waals surface area contributed by atoms with E-state index in [2.05, 4.69) is 6.07 Å². The molecule has 0 radical (unpaired) electrons. The van der Waals surface area contributed by atoms with Crippen LogP contribution >= 0.6 is 11.6 Å². The first-order chi connectivity index (χ1) is 10.8. The van der Waals surface area contributed by atoms with Crippen LogP contribution in [0.2, 0.25) is 5.02 Å². The fraction of sp³-hybridized carbons (Fsp3) is 0.529. The summed E-state index contributed by atoms with van der Waals surface area (Å²) >= 11 is 5.82. The zero-order chi connectivity index (χ0) is 17.3. The average Bonchev–Trinajstić information content (AvgIpc) is 2.55. The molecule has 6 heteroatoms. The van der Waals surface area contributed by atoms with Crippen LogP contribution in [0.5, 0.6) is 0 Å². The van der Waals surface area contributed by atoms with Crippen molar-refractivity contribution < 1.29 is 18.4 Å². The van der Waals surface area contributed by atoms with Gasteiger partial charge in [0.2, 0.25) is 0 Å². The van der Waals surface area contributed by atoms with Crippen molar-refractivity contribution in [3.8, 4) is 6.07 Å². The molecule has 0 aromatic heterocycles. The molecule has 0 saturated carbocycles. The lowest BCUT2D eigenvalue weighted by atomic mass is 9.70. The van der Waals surface area contributed by atoms with Crippen LogP contribution in [0, 0.1) is 17.1 Å². The van der Waals surface area contributed by atoms with E-state index >= 15 is 0 Å². The standard InChI is InChI=1S/C17H21ClFN2O2/c1-4-13-10-17(11-20,7-8-21(13,2)16(22)23-3)14-6-5-12(18)9-15(14)19/h5-6,9,13H,4,7-8,10H2,1-3H3/q+1. The van der Waals surface area contributed by atoms with Crippen molar-refractivity contribution in [3.05, 3.63) is 34.6 Å². The van der Waals surface area contributed by atoms with Gasteiger partial charge in [0.05, 0.1) is 32.2 Å². The molecule has 3 unspecified atom stereocenters. The first kappa shape index (κ1) is 17.7. The first-order valence-corrected chi connectivity index (χ1v) is 8.01. The van der Waals surface area contributed by atoms with Crippen molar-refractivity contribution in [3.63, 3.8) is 0 Å².